The Morgan fingerprint density at radius 1 is 1.04 bits per heavy atom. The van der Waals surface area contributed by atoms with Crippen LogP contribution in [-0.2, 0) is 20.6 Å². The Labute approximate surface area is 161 Å². The molecular weight excluding hydrogens is 341 g/mol. The maximum Gasteiger partial charge on any atom is 0.494 e. The molecule has 2 saturated heterocycles. The van der Waals surface area contributed by atoms with Gasteiger partial charge < -0.3 is 18.6 Å². The molecule has 0 saturated carbocycles. The normalized spacial score (nSPS) is 22.6. The van der Waals surface area contributed by atoms with Crippen LogP contribution in [0.1, 0.15) is 34.1 Å². The first-order valence-corrected chi connectivity index (χ1v) is 9.96. The molecule has 0 N–H and O–H groups in total. The van der Waals surface area contributed by atoms with Crippen molar-refractivity contribution in [3.8, 4) is 0 Å². The summed E-state index contributed by atoms with van der Waals surface area (Å²) >= 11 is 0. The SMILES string of the molecule is CC1(C)OB(c2ccc3c(c2)ncn3CCCN2CCOCC2)OC1(C)C. The van der Waals surface area contributed by atoms with Gasteiger partial charge in [0, 0.05) is 26.2 Å². The Bertz CT molecular complexity index is 783. The Balaban J connectivity index is 1.42. The smallest absolute Gasteiger partial charge is 0.399 e. The largest absolute Gasteiger partial charge is 0.494 e. The lowest BCUT2D eigenvalue weighted by molar-refractivity contribution is 0.00578. The van der Waals surface area contributed by atoms with E-state index in [0.717, 1.165) is 62.3 Å². The summed E-state index contributed by atoms with van der Waals surface area (Å²) in [5.74, 6) is 0. The van der Waals surface area contributed by atoms with Crippen LogP contribution in [0.5, 0.6) is 0 Å². The zero-order chi connectivity index (χ0) is 19.1. The molecular formula is C20H30BN3O3. The van der Waals surface area contributed by atoms with Gasteiger partial charge >= 0.3 is 7.12 Å². The molecule has 27 heavy (non-hydrogen) atoms. The van der Waals surface area contributed by atoms with E-state index in [0.29, 0.717) is 0 Å². The summed E-state index contributed by atoms with van der Waals surface area (Å²) in [6, 6.07) is 6.33. The number of benzene rings is 1. The van der Waals surface area contributed by atoms with Gasteiger partial charge in [0.2, 0.25) is 0 Å². The third-order valence-electron chi connectivity index (χ3n) is 6.15. The number of fused-ring (bicyclic) bond motifs is 1. The third-order valence-corrected chi connectivity index (χ3v) is 6.15. The standard InChI is InChI=1S/C20H30BN3O3/c1-19(2)20(3,4)27-21(26-19)16-6-7-18-17(14-16)22-15-24(18)9-5-8-23-10-12-25-13-11-23/h6-7,14-15H,5,8-13H2,1-4H3. The maximum absolute atomic E-state index is 6.17. The van der Waals surface area contributed by atoms with E-state index < -0.39 is 0 Å². The second-order valence-corrected chi connectivity index (χ2v) is 8.58. The van der Waals surface area contributed by atoms with Crippen molar-refractivity contribution in [1.29, 1.82) is 0 Å². The predicted octanol–water partition coefficient (Wildman–Crippen LogP) is 2.06. The molecule has 0 aliphatic carbocycles. The molecule has 0 unspecified atom stereocenters. The Hall–Kier alpha value is -1.41. The molecule has 1 aromatic heterocycles. The van der Waals surface area contributed by atoms with Gasteiger partial charge in [-0.05, 0) is 51.7 Å². The summed E-state index contributed by atoms with van der Waals surface area (Å²) in [6.07, 6.45) is 3.06. The van der Waals surface area contributed by atoms with Gasteiger partial charge in [-0.1, -0.05) is 6.07 Å². The topological polar surface area (TPSA) is 48.8 Å². The van der Waals surface area contributed by atoms with Crippen molar-refractivity contribution in [2.75, 3.05) is 32.8 Å². The minimum atomic E-state index is -0.342. The number of aromatic nitrogens is 2. The van der Waals surface area contributed by atoms with E-state index in [1.54, 1.807) is 0 Å². The van der Waals surface area contributed by atoms with E-state index in [2.05, 4.69) is 60.3 Å². The number of hydrogen-bond donors (Lipinski definition) is 0. The second-order valence-electron chi connectivity index (χ2n) is 8.58. The molecule has 3 heterocycles. The molecule has 0 spiro atoms. The highest BCUT2D eigenvalue weighted by atomic mass is 16.7. The van der Waals surface area contributed by atoms with Crippen molar-refractivity contribution in [2.45, 2.75) is 51.9 Å². The molecule has 1 aromatic carbocycles. The molecule has 2 aromatic rings. The molecule has 4 rings (SSSR count). The van der Waals surface area contributed by atoms with E-state index in [1.165, 1.54) is 0 Å². The zero-order valence-electron chi connectivity index (χ0n) is 16.9. The summed E-state index contributed by atoms with van der Waals surface area (Å²) < 4.78 is 20.0. The first-order chi connectivity index (χ1) is 12.9. The molecule has 2 aliphatic heterocycles. The number of aryl methyl sites for hydroxylation is 1. The Kier molecular flexibility index (Phi) is 5.05. The highest BCUT2D eigenvalue weighted by Gasteiger charge is 2.51. The number of imidazole rings is 1. The number of hydrogen-bond acceptors (Lipinski definition) is 5. The van der Waals surface area contributed by atoms with E-state index >= 15 is 0 Å². The van der Waals surface area contributed by atoms with Crippen LogP contribution in [0.25, 0.3) is 11.0 Å². The van der Waals surface area contributed by atoms with Crippen LogP contribution >= 0.6 is 0 Å². The van der Waals surface area contributed by atoms with Crippen LogP contribution in [-0.4, -0.2) is 65.6 Å². The van der Waals surface area contributed by atoms with E-state index in [9.17, 15) is 0 Å². The first kappa shape index (κ1) is 18.9. The van der Waals surface area contributed by atoms with Crippen molar-refractivity contribution >= 4 is 23.6 Å². The van der Waals surface area contributed by atoms with Crippen LogP contribution in [0, 0.1) is 0 Å². The first-order valence-electron chi connectivity index (χ1n) is 9.96. The zero-order valence-corrected chi connectivity index (χ0v) is 16.9. The van der Waals surface area contributed by atoms with Crippen molar-refractivity contribution < 1.29 is 14.0 Å². The van der Waals surface area contributed by atoms with Gasteiger partial charge in [0.1, 0.15) is 0 Å². The number of rotatable bonds is 5. The van der Waals surface area contributed by atoms with Gasteiger partial charge in [-0.15, -0.1) is 0 Å². The van der Waals surface area contributed by atoms with Crippen molar-refractivity contribution in [3.05, 3.63) is 24.5 Å². The predicted molar refractivity (Wildman–Crippen MR) is 107 cm³/mol. The minimum Gasteiger partial charge on any atom is -0.399 e. The fraction of sp³-hybridized carbons (Fsp3) is 0.650. The maximum atomic E-state index is 6.17. The van der Waals surface area contributed by atoms with Gasteiger partial charge in [-0.2, -0.15) is 0 Å². The molecule has 0 amide bonds. The number of morpholine rings is 1. The summed E-state index contributed by atoms with van der Waals surface area (Å²) in [5, 5.41) is 0. The van der Waals surface area contributed by atoms with Crippen molar-refractivity contribution in [1.82, 2.24) is 14.5 Å². The minimum absolute atomic E-state index is 0.328. The Morgan fingerprint density at radius 2 is 1.74 bits per heavy atom. The lowest BCUT2D eigenvalue weighted by Gasteiger charge is -2.32. The quantitative estimate of drug-likeness (QED) is 0.753. The average Bonchev–Trinajstić information content (AvgIpc) is 3.13. The highest BCUT2D eigenvalue weighted by Crippen LogP contribution is 2.36. The molecule has 0 radical (unpaired) electrons. The monoisotopic (exact) mass is 371 g/mol. The number of ether oxygens (including phenoxy) is 1. The van der Waals surface area contributed by atoms with E-state index in [1.807, 2.05) is 6.33 Å². The summed E-state index contributed by atoms with van der Waals surface area (Å²) in [6.45, 7) is 14.2. The summed E-state index contributed by atoms with van der Waals surface area (Å²) in [5.41, 5.74) is 2.53. The van der Waals surface area contributed by atoms with Crippen LogP contribution in [0.15, 0.2) is 24.5 Å². The average molecular weight is 371 g/mol. The van der Waals surface area contributed by atoms with Gasteiger partial charge in [-0.3, -0.25) is 4.90 Å². The summed E-state index contributed by atoms with van der Waals surface area (Å²) in [4.78, 5) is 7.08. The van der Waals surface area contributed by atoms with Gasteiger partial charge in [0.15, 0.2) is 0 Å². The van der Waals surface area contributed by atoms with Crippen LogP contribution in [0.4, 0.5) is 0 Å². The second kappa shape index (κ2) is 7.20. The molecule has 2 fully saturated rings. The van der Waals surface area contributed by atoms with E-state index in [4.69, 9.17) is 14.0 Å². The molecule has 146 valence electrons. The van der Waals surface area contributed by atoms with Crippen LogP contribution < -0.4 is 5.46 Å². The van der Waals surface area contributed by atoms with E-state index in [-0.39, 0.29) is 18.3 Å². The van der Waals surface area contributed by atoms with Crippen molar-refractivity contribution in [2.24, 2.45) is 0 Å². The van der Waals surface area contributed by atoms with Gasteiger partial charge in [0.25, 0.3) is 0 Å². The summed E-state index contributed by atoms with van der Waals surface area (Å²) in [7, 11) is -0.342. The van der Waals surface area contributed by atoms with Crippen LogP contribution in [0.3, 0.4) is 0 Å². The molecule has 0 bridgehead atoms. The van der Waals surface area contributed by atoms with Gasteiger partial charge in [-0.25, -0.2) is 4.98 Å². The van der Waals surface area contributed by atoms with Gasteiger partial charge in [0.05, 0.1) is 41.8 Å². The third kappa shape index (κ3) is 3.79. The highest BCUT2D eigenvalue weighted by molar-refractivity contribution is 6.62. The van der Waals surface area contributed by atoms with Crippen molar-refractivity contribution in [3.63, 3.8) is 0 Å². The molecule has 7 heteroatoms. The fourth-order valence-electron chi connectivity index (χ4n) is 3.67. The fourth-order valence-corrected chi connectivity index (χ4v) is 3.67. The molecule has 6 nitrogen and oxygen atoms in total. The lowest BCUT2D eigenvalue weighted by Crippen LogP contribution is -2.41. The molecule has 2 aliphatic rings. The number of nitrogens with zero attached hydrogens (tertiary/aromatic N) is 3. The van der Waals surface area contributed by atoms with Crippen LogP contribution in [0.2, 0.25) is 0 Å². The Morgan fingerprint density at radius 3 is 2.44 bits per heavy atom. The molecule has 0 atom stereocenters. The lowest BCUT2D eigenvalue weighted by atomic mass is 9.79.